The molecule has 0 heterocycles. The van der Waals surface area contributed by atoms with Crippen LogP contribution in [0.25, 0.3) is 0 Å². The van der Waals surface area contributed by atoms with Crippen LogP contribution in [0.3, 0.4) is 0 Å². The molecule has 1 atom stereocenters. The van der Waals surface area contributed by atoms with Crippen LogP contribution in [0.5, 0.6) is 5.75 Å². The Hall–Kier alpha value is -1.32. The molecule has 0 saturated carbocycles. The van der Waals surface area contributed by atoms with Crippen molar-refractivity contribution in [1.82, 2.24) is 0 Å². The second-order valence-electron chi connectivity index (χ2n) is 3.41. The van der Waals surface area contributed by atoms with Crippen LogP contribution in [0.4, 0.5) is 0 Å². The van der Waals surface area contributed by atoms with E-state index in [0.717, 1.165) is 5.75 Å². The SMILES string of the molecule is C=CC[C@@](O)(CO)c1ccc(OC)cc1. The lowest BCUT2D eigenvalue weighted by Gasteiger charge is -2.25. The summed E-state index contributed by atoms with van der Waals surface area (Å²) in [7, 11) is 1.58. The number of ether oxygens (including phenoxy) is 1. The highest BCUT2D eigenvalue weighted by Gasteiger charge is 2.26. The fraction of sp³-hybridized carbons (Fsp3) is 0.333. The third kappa shape index (κ3) is 2.58. The summed E-state index contributed by atoms with van der Waals surface area (Å²) in [5.74, 6) is 0.720. The summed E-state index contributed by atoms with van der Waals surface area (Å²) < 4.78 is 5.01. The van der Waals surface area contributed by atoms with Crippen molar-refractivity contribution in [3.8, 4) is 5.75 Å². The van der Waals surface area contributed by atoms with Crippen molar-refractivity contribution in [2.24, 2.45) is 0 Å². The van der Waals surface area contributed by atoms with Crippen LogP contribution in [-0.4, -0.2) is 23.9 Å². The molecule has 0 amide bonds. The molecule has 0 spiro atoms. The van der Waals surface area contributed by atoms with E-state index >= 15 is 0 Å². The molecule has 0 radical (unpaired) electrons. The van der Waals surface area contributed by atoms with Crippen molar-refractivity contribution < 1.29 is 14.9 Å². The average Bonchev–Trinajstić information content (AvgIpc) is 2.29. The van der Waals surface area contributed by atoms with E-state index in [-0.39, 0.29) is 6.61 Å². The first-order valence-electron chi connectivity index (χ1n) is 4.75. The zero-order valence-electron chi connectivity index (χ0n) is 8.81. The van der Waals surface area contributed by atoms with Gasteiger partial charge in [0.05, 0.1) is 13.7 Å². The summed E-state index contributed by atoms with van der Waals surface area (Å²) in [6.45, 7) is 3.23. The average molecular weight is 208 g/mol. The fourth-order valence-corrected chi connectivity index (χ4v) is 1.41. The van der Waals surface area contributed by atoms with Gasteiger partial charge >= 0.3 is 0 Å². The van der Waals surface area contributed by atoms with Gasteiger partial charge in [0, 0.05) is 6.42 Å². The molecular formula is C12H16O3. The molecule has 0 aliphatic heterocycles. The standard InChI is InChI=1S/C12H16O3/c1-3-8-12(14,9-13)10-4-6-11(15-2)7-5-10/h3-7,13-14H,1,8-9H2,2H3/t12-/m1/s1. The highest BCUT2D eigenvalue weighted by molar-refractivity contribution is 5.31. The Morgan fingerprint density at radius 1 is 1.40 bits per heavy atom. The quantitative estimate of drug-likeness (QED) is 0.720. The zero-order chi connectivity index (χ0) is 11.3. The number of aliphatic hydroxyl groups is 2. The van der Waals surface area contributed by atoms with Crippen molar-refractivity contribution in [3.05, 3.63) is 42.5 Å². The Morgan fingerprint density at radius 3 is 2.40 bits per heavy atom. The monoisotopic (exact) mass is 208 g/mol. The molecular weight excluding hydrogens is 192 g/mol. The molecule has 3 heteroatoms. The number of hydrogen-bond acceptors (Lipinski definition) is 3. The molecule has 0 aromatic heterocycles. The van der Waals surface area contributed by atoms with Gasteiger partial charge in [-0.25, -0.2) is 0 Å². The number of aliphatic hydroxyl groups excluding tert-OH is 1. The van der Waals surface area contributed by atoms with Gasteiger partial charge < -0.3 is 14.9 Å². The molecule has 0 unspecified atom stereocenters. The van der Waals surface area contributed by atoms with Crippen molar-refractivity contribution in [3.63, 3.8) is 0 Å². The van der Waals surface area contributed by atoms with Crippen molar-refractivity contribution in [1.29, 1.82) is 0 Å². The van der Waals surface area contributed by atoms with E-state index in [1.54, 1.807) is 37.5 Å². The normalized spacial score (nSPS) is 14.3. The van der Waals surface area contributed by atoms with Crippen molar-refractivity contribution >= 4 is 0 Å². The van der Waals surface area contributed by atoms with Crippen LogP contribution >= 0.6 is 0 Å². The fourth-order valence-electron chi connectivity index (χ4n) is 1.41. The van der Waals surface area contributed by atoms with E-state index in [1.165, 1.54) is 0 Å². The lowest BCUT2D eigenvalue weighted by atomic mass is 9.91. The van der Waals surface area contributed by atoms with E-state index in [9.17, 15) is 5.11 Å². The maximum absolute atomic E-state index is 10.1. The van der Waals surface area contributed by atoms with Gasteiger partial charge in [-0.3, -0.25) is 0 Å². The van der Waals surface area contributed by atoms with Gasteiger partial charge in [-0.05, 0) is 17.7 Å². The smallest absolute Gasteiger partial charge is 0.118 e. The summed E-state index contributed by atoms with van der Waals surface area (Å²) in [6.07, 6.45) is 1.90. The highest BCUT2D eigenvalue weighted by Crippen LogP contribution is 2.26. The molecule has 0 bridgehead atoms. The molecule has 0 saturated heterocycles. The second-order valence-corrected chi connectivity index (χ2v) is 3.41. The Morgan fingerprint density at radius 2 is 2.00 bits per heavy atom. The van der Waals surface area contributed by atoms with Gasteiger partial charge in [0.15, 0.2) is 0 Å². The third-order valence-electron chi connectivity index (χ3n) is 2.37. The minimum Gasteiger partial charge on any atom is -0.497 e. The van der Waals surface area contributed by atoms with Gasteiger partial charge in [-0.15, -0.1) is 6.58 Å². The Bertz CT molecular complexity index is 318. The zero-order valence-corrected chi connectivity index (χ0v) is 8.81. The number of benzene rings is 1. The van der Waals surface area contributed by atoms with Gasteiger partial charge in [0.2, 0.25) is 0 Å². The summed E-state index contributed by atoms with van der Waals surface area (Å²) in [4.78, 5) is 0. The molecule has 82 valence electrons. The predicted octanol–water partition coefficient (Wildman–Crippen LogP) is 1.45. The van der Waals surface area contributed by atoms with E-state index in [0.29, 0.717) is 12.0 Å². The molecule has 2 N–H and O–H groups in total. The molecule has 1 aromatic rings. The number of rotatable bonds is 5. The van der Waals surface area contributed by atoms with Crippen molar-refractivity contribution in [2.45, 2.75) is 12.0 Å². The van der Waals surface area contributed by atoms with Crippen LogP contribution in [0.1, 0.15) is 12.0 Å². The van der Waals surface area contributed by atoms with Crippen molar-refractivity contribution in [2.75, 3.05) is 13.7 Å². The molecule has 1 rings (SSSR count). The van der Waals surface area contributed by atoms with E-state index < -0.39 is 5.60 Å². The highest BCUT2D eigenvalue weighted by atomic mass is 16.5. The van der Waals surface area contributed by atoms with E-state index in [2.05, 4.69) is 6.58 Å². The summed E-state index contributed by atoms with van der Waals surface area (Å²) >= 11 is 0. The molecule has 3 nitrogen and oxygen atoms in total. The maximum atomic E-state index is 10.1. The van der Waals surface area contributed by atoms with Crippen LogP contribution in [0.15, 0.2) is 36.9 Å². The van der Waals surface area contributed by atoms with Crippen LogP contribution in [0.2, 0.25) is 0 Å². The number of methoxy groups -OCH3 is 1. The Labute approximate surface area is 89.6 Å². The van der Waals surface area contributed by atoms with Gasteiger partial charge in [0.1, 0.15) is 11.4 Å². The molecule has 15 heavy (non-hydrogen) atoms. The molecule has 0 aliphatic rings. The first-order valence-corrected chi connectivity index (χ1v) is 4.75. The Kier molecular flexibility index (Phi) is 3.88. The lowest BCUT2D eigenvalue weighted by Crippen LogP contribution is -2.29. The molecule has 0 fully saturated rings. The topological polar surface area (TPSA) is 49.7 Å². The first kappa shape index (κ1) is 11.8. The second kappa shape index (κ2) is 4.96. The molecule has 0 aliphatic carbocycles. The predicted molar refractivity (Wildman–Crippen MR) is 58.8 cm³/mol. The first-order chi connectivity index (χ1) is 7.16. The summed E-state index contributed by atoms with van der Waals surface area (Å²) in [5.41, 5.74) is -0.584. The lowest BCUT2D eigenvalue weighted by molar-refractivity contribution is -0.0164. The van der Waals surface area contributed by atoms with Gasteiger partial charge in [0.25, 0.3) is 0 Å². The summed E-state index contributed by atoms with van der Waals surface area (Å²) in [6, 6.07) is 6.97. The maximum Gasteiger partial charge on any atom is 0.118 e. The van der Waals surface area contributed by atoms with Gasteiger partial charge in [-0.1, -0.05) is 18.2 Å². The van der Waals surface area contributed by atoms with E-state index in [4.69, 9.17) is 9.84 Å². The largest absolute Gasteiger partial charge is 0.497 e. The summed E-state index contributed by atoms with van der Waals surface area (Å²) in [5, 5.41) is 19.3. The molecule has 1 aromatic carbocycles. The van der Waals surface area contributed by atoms with E-state index in [1.807, 2.05) is 0 Å². The van der Waals surface area contributed by atoms with Gasteiger partial charge in [-0.2, -0.15) is 0 Å². The Balaban J connectivity index is 2.96. The van der Waals surface area contributed by atoms with Crippen LogP contribution in [0, 0.1) is 0 Å². The third-order valence-corrected chi connectivity index (χ3v) is 2.37. The minimum atomic E-state index is -1.24. The minimum absolute atomic E-state index is 0.315. The number of hydrogen-bond donors (Lipinski definition) is 2. The van der Waals surface area contributed by atoms with Crippen LogP contribution in [-0.2, 0) is 5.60 Å². The van der Waals surface area contributed by atoms with Crippen LogP contribution < -0.4 is 4.74 Å².